The number of hydrogen-bond donors (Lipinski definition) is 2. The molecular weight excluding hydrogens is 302 g/mol. The first-order chi connectivity index (χ1) is 11.2. The third-order valence-corrected chi connectivity index (χ3v) is 6.12. The predicted octanol–water partition coefficient (Wildman–Crippen LogP) is 2.00. The summed E-state index contributed by atoms with van der Waals surface area (Å²) in [5.74, 6) is 1.53. The molecule has 0 aromatic carbocycles. The number of nitrogens with two attached hydrogens (primary N) is 1. The molecule has 3 N–H and O–H groups in total. The molecule has 0 radical (unpaired) electrons. The van der Waals surface area contributed by atoms with Gasteiger partial charge in [-0.05, 0) is 38.1 Å². The van der Waals surface area contributed by atoms with Gasteiger partial charge in [0.05, 0.1) is 6.10 Å². The Bertz CT molecular complexity index is 430. The lowest BCUT2D eigenvalue weighted by molar-refractivity contribution is -0.170. The zero-order valence-electron chi connectivity index (χ0n) is 16.2. The quantitative estimate of drug-likeness (QED) is 0.696. The van der Waals surface area contributed by atoms with Crippen molar-refractivity contribution in [3.05, 3.63) is 0 Å². The smallest absolute Gasteiger partial charge is 0.240 e. The number of nitrogens with zero attached hydrogens (tertiary/aromatic N) is 1. The summed E-state index contributed by atoms with van der Waals surface area (Å²) in [6.45, 7) is 15.5. The van der Waals surface area contributed by atoms with Crippen LogP contribution in [0.3, 0.4) is 0 Å². The lowest BCUT2D eigenvalue weighted by atomic mass is 9.54. The number of hydrogen-bond acceptors (Lipinski definition) is 4. The van der Waals surface area contributed by atoms with Crippen LogP contribution in [0.15, 0.2) is 0 Å². The van der Waals surface area contributed by atoms with E-state index in [0.717, 1.165) is 24.8 Å². The second-order valence-corrected chi connectivity index (χ2v) is 8.66. The summed E-state index contributed by atoms with van der Waals surface area (Å²) in [7, 11) is 0. The van der Waals surface area contributed by atoms with Crippen LogP contribution in [0.25, 0.3) is 0 Å². The van der Waals surface area contributed by atoms with Crippen molar-refractivity contribution >= 4 is 5.91 Å². The zero-order valence-corrected chi connectivity index (χ0v) is 16.2. The van der Waals surface area contributed by atoms with Crippen LogP contribution in [0.1, 0.15) is 53.9 Å². The standard InChI is InChI=1S/C19H37N3O2/c1-6-24-16-11-19(20,18(16,4)5)17(23)21-8-7-9-22-12-14(2)10-15(3)13-22/h14-16H,6-13,20H2,1-5H3,(H,21,23). The van der Waals surface area contributed by atoms with Gasteiger partial charge in [-0.1, -0.05) is 27.7 Å². The van der Waals surface area contributed by atoms with Gasteiger partial charge in [0.1, 0.15) is 5.54 Å². The van der Waals surface area contributed by atoms with Crippen molar-refractivity contribution < 1.29 is 9.53 Å². The largest absolute Gasteiger partial charge is 0.378 e. The summed E-state index contributed by atoms with van der Waals surface area (Å²) in [5, 5.41) is 3.06. The maximum Gasteiger partial charge on any atom is 0.240 e. The minimum absolute atomic E-state index is 0.0242. The van der Waals surface area contributed by atoms with Crippen molar-refractivity contribution in [2.24, 2.45) is 23.0 Å². The third-order valence-electron chi connectivity index (χ3n) is 6.12. The van der Waals surface area contributed by atoms with Gasteiger partial charge in [0, 0.05) is 38.1 Å². The summed E-state index contributed by atoms with van der Waals surface area (Å²) in [6.07, 6.45) is 3.01. The number of amides is 1. The van der Waals surface area contributed by atoms with E-state index >= 15 is 0 Å². The van der Waals surface area contributed by atoms with Crippen LogP contribution in [-0.4, -0.2) is 55.2 Å². The van der Waals surface area contributed by atoms with E-state index in [1.807, 2.05) is 20.8 Å². The first-order valence-electron chi connectivity index (χ1n) is 9.61. The van der Waals surface area contributed by atoms with Gasteiger partial charge in [-0.25, -0.2) is 0 Å². The molecule has 0 aromatic rings. The molecule has 0 bridgehead atoms. The van der Waals surface area contributed by atoms with Gasteiger partial charge in [0.2, 0.25) is 5.91 Å². The fourth-order valence-electron chi connectivity index (χ4n) is 4.46. The van der Waals surface area contributed by atoms with Crippen LogP contribution in [-0.2, 0) is 9.53 Å². The first kappa shape index (κ1) is 19.7. The van der Waals surface area contributed by atoms with E-state index in [9.17, 15) is 4.79 Å². The van der Waals surface area contributed by atoms with Crippen LogP contribution in [0.4, 0.5) is 0 Å². The maximum atomic E-state index is 12.6. The highest BCUT2D eigenvalue weighted by molar-refractivity contribution is 5.88. The lowest BCUT2D eigenvalue weighted by Gasteiger charge is -2.57. The van der Waals surface area contributed by atoms with Crippen molar-refractivity contribution in [1.29, 1.82) is 0 Å². The summed E-state index contributed by atoms with van der Waals surface area (Å²) < 4.78 is 5.70. The second-order valence-electron chi connectivity index (χ2n) is 8.66. The van der Waals surface area contributed by atoms with E-state index in [0.29, 0.717) is 19.6 Å². The molecule has 1 aliphatic heterocycles. The Morgan fingerprint density at radius 3 is 2.46 bits per heavy atom. The molecule has 0 spiro atoms. The van der Waals surface area contributed by atoms with E-state index in [1.165, 1.54) is 19.5 Å². The minimum atomic E-state index is -0.805. The van der Waals surface area contributed by atoms with E-state index < -0.39 is 5.54 Å². The minimum Gasteiger partial charge on any atom is -0.378 e. The van der Waals surface area contributed by atoms with Crippen LogP contribution >= 0.6 is 0 Å². The van der Waals surface area contributed by atoms with Crippen molar-refractivity contribution in [1.82, 2.24) is 10.2 Å². The zero-order chi connectivity index (χ0) is 18.0. The van der Waals surface area contributed by atoms with Gasteiger partial charge < -0.3 is 20.7 Å². The highest BCUT2D eigenvalue weighted by Crippen LogP contribution is 2.49. The highest BCUT2D eigenvalue weighted by atomic mass is 16.5. The first-order valence-corrected chi connectivity index (χ1v) is 9.61. The molecule has 5 heteroatoms. The van der Waals surface area contributed by atoms with Crippen LogP contribution < -0.4 is 11.1 Å². The van der Waals surface area contributed by atoms with Crippen LogP contribution in [0.2, 0.25) is 0 Å². The number of rotatable bonds is 7. The normalized spacial score (nSPS) is 36.2. The maximum absolute atomic E-state index is 12.6. The Balaban J connectivity index is 1.72. The Labute approximate surface area is 147 Å². The van der Waals surface area contributed by atoms with Gasteiger partial charge in [-0.2, -0.15) is 0 Å². The van der Waals surface area contributed by atoms with Gasteiger partial charge in [-0.3, -0.25) is 4.79 Å². The monoisotopic (exact) mass is 339 g/mol. The topological polar surface area (TPSA) is 67.6 Å². The number of likely N-dealkylation sites (tertiary alicyclic amines) is 1. The summed E-state index contributed by atoms with van der Waals surface area (Å²) in [5.41, 5.74) is 5.28. The molecular formula is C19H37N3O2. The fourth-order valence-corrected chi connectivity index (χ4v) is 4.46. The number of nitrogens with one attached hydrogen (secondary N) is 1. The molecule has 5 nitrogen and oxygen atoms in total. The van der Waals surface area contributed by atoms with Crippen molar-refractivity contribution in [2.45, 2.75) is 65.5 Å². The molecule has 1 amide bonds. The SMILES string of the molecule is CCOC1CC(N)(C(=O)NCCCN2CC(C)CC(C)C2)C1(C)C. The number of piperidine rings is 1. The van der Waals surface area contributed by atoms with Gasteiger partial charge in [-0.15, -0.1) is 0 Å². The highest BCUT2D eigenvalue weighted by Gasteiger charge is 2.62. The van der Waals surface area contributed by atoms with Crippen molar-refractivity contribution in [2.75, 3.05) is 32.8 Å². The van der Waals surface area contributed by atoms with Crippen molar-refractivity contribution in [3.8, 4) is 0 Å². The van der Waals surface area contributed by atoms with Gasteiger partial charge >= 0.3 is 0 Å². The number of ether oxygens (including phenoxy) is 1. The molecule has 24 heavy (non-hydrogen) atoms. The summed E-state index contributed by atoms with van der Waals surface area (Å²) in [4.78, 5) is 15.1. The molecule has 140 valence electrons. The molecule has 4 atom stereocenters. The van der Waals surface area contributed by atoms with Crippen LogP contribution in [0.5, 0.6) is 0 Å². The molecule has 2 aliphatic rings. The Hall–Kier alpha value is -0.650. The Kier molecular flexibility index (Phi) is 6.32. The summed E-state index contributed by atoms with van der Waals surface area (Å²) in [6, 6.07) is 0. The predicted molar refractivity (Wildman–Crippen MR) is 97.7 cm³/mol. The van der Waals surface area contributed by atoms with Crippen LogP contribution in [0, 0.1) is 17.3 Å². The molecule has 0 aromatic heterocycles. The number of carbonyl (C=O) groups excluding carboxylic acids is 1. The molecule has 4 unspecified atom stereocenters. The third kappa shape index (κ3) is 3.94. The van der Waals surface area contributed by atoms with Gasteiger partial charge in [0.15, 0.2) is 0 Å². The molecule has 2 fully saturated rings. The average molecular weight is 340 g/mol. The fraction of sp³-hybridized carbons (Fsp3) is 0.947. The van der Waals surface area contributed by atoms with E-state index in [4.69, 9.17) is 10.5 Å². The Morgan fingerprint density at radius 2 is 1.92 bits per heavy atom. The van der Waals surface area contributed by atoms with Crippen molar-refractivity contribution in [3.63, 3.8) is 0 Å². The second kappa shape index (κ2) is 7.71. The lowest BCUT2D eigenvalue weighted by Crippen LogP contribution is -2.75. The van der Waals surface area contributed by atoms with Gasteiger partial charge in [0.25, 0.3) is 0 Å². The van der Waals surface area contributed by atoms with E-state index in [1.54, 1.807) is 0 Å². The molecule has 1 aliphatic carbocycles. The Morgan fingerprint density at radius 1 is 1.29 bits per heavy atom. The van der Waals surface area contributed by atoms with E-state index in [2.05, 4.69) is 24.1 Å². The molecule has 1 saturated carbocycles. The number of carbonyl (C=O) groups is 1. The molecule has 1 saturated heterocycles. The average Bonchev–Trinajstić information content (AvgIpc) is 2.50. The van der Waals surface area contributed by atoms with E-state index in [-0.39, 0.29) is 17.4 Å². The molecule has 1 heterocycles. The molecule has 2 rings (SSSR count). The summed E-state index contributed by atoms with van der Waals surface area (Å²) >= 11 is 0.